The van der Waals surface area contributed by atoms with Crippen LogP contribution in [-0.2, 0) is 47.9 Å². The molecule has 0 aliphatic heterocycles. The Bertz CT molecular complexity index is 1060. The minimum atomic E-state index is -1.24. The van der Waals surface area contributed by atoms with E-state index in [2.05, 4.69) is 10.6 Å². The standard InChI is InChI=1S/C9H13NO6S.C8H13NO4S.C7H11NO5S/c1-5(11)10-6(9(15)16)4-17-8(14)3-2-7(12)13;1-6(10)9-4-5-14-8(13)3-2-7(11)12;8-4(7(12)13)3-14-6(11)2-1-5(9)10/h6H,2-4H2,1H3,(H,10,11)(H,12,13)(H,15,16);2-5H2,1H3,(H,9,10)(H,11,12);4H,1-3,8H2,(H,9,10)(H,12,13). The number of hydrogen-bond donors (Lipinski definition) is 8. The minimum Gasteiger partial charge on any atom is -0.481 e. The number of aliphatic carboxylic acids is 5. The summed E-state index contributed by atoms with van der Waals surface area (Å²) >= 11 is 2.49. The lowest BCUT2D eigenvalue weighted by atomic mass is 10.3. The van der Waals surface area contributed by atoms with Crippen molar-refractivity contribution >= 4 is 92.3 Å². The molecule has 0 saturated heterocycles. The average Bonchev–Trinajstić information content (AvgIpc) is 2.92. The molecular formula is C24H37N3O15S3. The molecule has 0 heterocycles. The number of amides is 2. The minimum absolute atomic E-state index is 0.0339. The van der Waals surface area contributed by atoms with Crippen LogP contribution in [0.4, 0.5) is 0 Å². The Kier molecular flexibility index (Phi) is 28.3. The zero-order chi connectivity index (χ0) is 35.5. The molecule has 0 aromatic rings. The second-order valence-corrected chi connectivity index (χ2v) is 11.6. The van der Waals surface area contributed by atoms with Crippen molar-refractivity contribution in [2.45, 2.75) is 64.5 Å². The topological polar surface area (TPSA) is 322 Å². The van der Waals surface area contributed by atoms with E-state index in [4.69, 9.17) is 31.3 Å². The summed E-state index contributed by atoms with van der Waals surface area (Å²) in [5.74, 6) is -5.83. The average molecular weight is 704 g/mol. The van der Waals surface area contributed by atoms with Crippen LogP contribution in [0, 0.1) is 0 Å². The number of nitrogens with two attached hydrogens (primary N) is 1. The van der Waals surface area contributed by atoms with Crippen molar-refractivity contribution in [3.8, 4) is 0 Å². The largest absolute Gasteiger partial charge is 0.481 e. The van der Waals surface area contributed by atoms with Gasteiger partial charge in [0.15, 0.2) is 15.3 Å². The Labute approximate surface area is 270 Å². The van der Waals surface area contributed by atoms with Gasteiger partial charge in [-0.3, -0.25) is 43.2 Å². The maximum atomic E-state index is 11.2. The fourth-order valence-corrected chi connectivity index (χ4v) is 4.34. The molecule has 2 amide bonds. The molecule has 18 nitrogen and oxygen atoms in total. The molecule has 0 aliphatic rings. The van der Waals surface area contributed by atoms with Gasteiger partial charge in [0, 0.05) is 56.9 Å². The third-order valence-corrected chi connectivity index (χ3v) is 7.21. The Morgan fingerprint density at radius 3 is 1.31 bits per heavy atom. The van der Waals surface area contributed by atoms with E-state index in [-0.39, 0.29) is 66.2 Å². The Balaban J connectivity index is -0.000000592. The molecular weight excluding hydrogens is 666 g/mol. The fourth-order valence-electron chi connectivity index (χ4n) is 2.09. The zero-order valence-corrected chi connectivity index (χ0v) is 26.8. The number of hydrogen-bond acceptors (Lipinski definition) is 14. The lowest BCUT2D eigenvalue weighted by Gasteiger charge is -2.11. The van der Waals surface area contributed by atoms with E-state index in [0.717, 1.165) is 23.5 Å². The predicted molar refractivity (Wildman–Crippen MR) is 163 cm³/mol. The van der Waals surface area contributed by atoms with Crippen LogP contribution in [0.25, 0.3) is 0 Å². The molecule has 0 saturated carbocycles. The zero-order valence-electron chi connectivity index (χ0n) is 24.3. The monoisotopic (exact) mass is 703 g/mol. The van der Waals surface area contributed by atoms with Crippen LogP contribution in [0.1, 0.15) is 52.4 Å². The first-order valence-corrected chi connectivity index (χ1v) is 15.6. The molecule has 2 unspecified atom stereocenters. The van der Waals surface area contributed by atoms with Gasteiger partial charge in [-0.1, -0.05) is 35.3 Å². The highest BCUT2D eigenvalue weighted by Crippen LogP contribution is 2.10. The lowest BCUT2D eigenvalue weighted by molar-refractivity contribution is -0.141. The summed E-state index contributed by atoms with van der Waals surface area (Å²) in [6, 6.07) is -2.24. The van der Waals surface area contributed by atoms with Crippen molar-refractivity contribution in [1.82, 2.24) is 10.6 Å². The smallest absolute Gasteiger partial charge is 0.327 e. The van der Waals surface area contributed by atoms with Crippen LogP contribution in [0.15, 0.2) is 0 Å². The molecule has 0 aromatic carbocycles. The summed E-state index contributed by atoms with van der Waals surface area (Å²) in [5.41, 5.74) is 5.13. The maximum absolute atomic E-state index is 11.2. The maximum Gasteiger partial charge on any atom is 0.327 e. The highest BCUT2D eigenvalue weighted by molar-refractivity contribution is 8.14. The second-order valence-electron chi connectivity index (χ2n) is 8.29. The second kappa shape index (κ2) is 27.8. The number of thioether (sulfide) groups is 3. The molecule has 0 aliphatic carbocycles. The Morgan fingerprint density at radius 2 is 0.978 bits per heavy atom. The van der Waals surface area contributed by atoms with E-state index >= 15 is 0 Å². The first-order chi connectivity index (χ1) is 20.8. The summed E-state index contributed by atoms with van der Waals surface area (Å²) in [6.45, 7) is 3.00. The van der Waals surface area contributed by atoms with Gasteiger partial charge in [0.1, 0.15) is 12.1 Å². The van der Waals surface area contributed by atoms with Crippen molar-refractivity contribution in [2.24, 2.45) is 5.73 Å². The molecule has 0 spiro atoms. The van der Waals surface area contributed by atoms with E-state index in [9.17, 15) is 47.9 Å². The molecule has 0 bridgehead atoms. The SMILES string of the molecule is CC(=O)NC(CSC(=O)CCC(=O)O)C(=O)O.CC(=O)NCCSC(=O)CCC(=O)O.NC(CSC(=O)CCC(=O)O)C(=O)O. The van der Waals surface area contributed by atoms with Gasteiger partial charge in [0.25, 0.3) is 0 Å². The van der Waals surface area contributed by atoms with Gasteiger partial charge in [0.05, 0.1) is 19.3 Å². The van der Waals surface area contributed by atoms with Crippen LogP contribution >= 0.6 is 35.3 Å². The van der Waals surface area contributed by atoms with E-state index < -0.39 is 53.0 Å². The molecule has 0 aromatic heterocycles. The highest BCUT2D eigenvalue weighted by atomic mass is 32.2. The molecule has 21 heteroatoms. The van der Waals surface area contributed by atoms with Gasteiger partial charge in [-0.15, -0.1) is 0 Å². The first-order valence-electron chi connectivity index (χ1n) is 12.6. The van der Waals surface area contributed by atoms with Crippen LogP contribution < -0.4 is 16.4 Å². The van der Waals surface area contributed by atoms with Crippen LogP contribution in [-0.4, -0.2) is 118 Å². The quantitative estimate of drug-likeness (QED) is 0.0784. The van der Waals surface area contributed by atoms with Gasteiger partial charge >= 0.3 is 29.8 Å². The van der Waals surface area contributed by atoms with E-state index in [0.29, 0.717) is 24.1 Å². The predicted octanol–water partition coefficient (Wildman–Crippen LogP) is -0.530. The summed E-state index contributed by atoms with van der Waals surface area (Å²) < 4.78 is 0. The Morgan fingerprint density at radius 1 is 0.578 bits per heavy atom. The van der Waals surface area contributed by atoms with Crippen LogP contribution in [0.2, 0.25) is 0 Å². The van der Waals surface area contributed by atoms with E-state index in [1.54, 1.807) is 0 Å². The molecule has 9 N–H and O–H groups in total. The van der Waals surface area contributed by atoms with Crippen LogP contribution in [0.5, 0.6) is 0 Å². The van der Waals surface area contributed by atoms with Gasteiger partial charge < -0.3 is 41.9 Å². The lowest BCUT2D eigenvalue weighted by Crippen LogP contribution is -2.41. The number of carboxylic acids is 5. The normalized spacial score (nSPS) is 11.1. The van der Waals surface area contributed by atoms with Gasteiger partial charge in [-0.2, -0.15) is 0 Å². The van der Waals surface area contributed by atoms with Crippen LogP contribution in [0.3, 0.4) is 0 Å². The van der Waals surface area contributed by atoms with Crippen molar-refractivity contribution in [2.75, 3.05) is 23.8 Å². The molecule has 2 atom stereocenters. The Hall–Kier alpha value is -3.69. The molecule has 0 radical (unpaired) electrons. The molecule has 0 rings (SSSR count). The van der Waals surface area contributed by atoms with E-state index in [1.165, 1.54) is 13.8 Å². The van der Waals surface area contributed by atoms with Gasteiger partial charge in [0.2, 0.25) is 11.8 Å². The van der Waals surface area contributed by atoms with Gasteiger partial charge in [-0.05, 0) is 0 Å². The summed E-state index contributed by atoms with van der Waals surface area (Å²) in [4.78, 5) is 105. The molecule has 256 valence electrons. The summed E-state index contributed by atoms with van der Waals surface area (Å²) in [6.07, 6.45) is -0.886. The van der Waals surface area contributed by atoms with E-state index in [1.807, 2.05) is 0 Å². The molecule has 45 heavy (non-hydrogen) atoms. The first kappa shape index (κ1) is 45.7. The van der Waals surface area contributed by atoms with Crippen molar-refractivity contribution in [3.05, 3.63) is 0 Å². The third kappa shape index (κ3) is 36.4. The van der Waals surface area contributed by atoms with Crippen molar-refractivity contribution in [1.29, 1.82) is 0 Å². The fraction of sp³-hybridized carbons (Fsp3) is 0.583. The number of carboxylic acid groups (broad SMARTS) is 5. The molecule has 0 fully saturated rings. The third-order valence-electron chi connectivity index (χ3n) is 4.20. The summed E-state index contributed by atoms with van der Waals surface area (Å²) in [7, 11) is 0. The number of nitrogens with one attached hydrogen (secondary N) is 2. The van der Waals surface area contributed by atoms with Crippen molar-refractivity contribution in [3.63, 3.8) is 0 Å². The number of rotatable bonds is 19. The number of carbonyl (C=O) groups is 10. The summed E-state index contributed by atoms with van der Waals surface area (Å²) in [5, 5.41) is 45.7. The number of carbonyl (C=O) groups excluding carboxylic acids is 5. The van der Waals surface area contributed by atoms with Crippen molar-refractivity contribution < 1.29 is 73.5 Å². The highest BCUT2D eigenvalue weighted by Gasteiger charge is 2.20. The van der Waals surface area contributed by atoms with Gasteiger partial charge in [-0.25, -0.2) is 4.79 Å².